The zero-order valence-electron chi connectivity index (χ0n) is 11.1. The Bertz CT molecular complexity index is 693. The molecule has 0 fully saturated rings. The molecule has 1 aliphatic rings. The molecular weight excluding hydrogens is 268 g/mol. The molecule has 1 heterocycles. The zero-order valence-corrected chi connectivity index (χ0v) is 11.9. The van der Waals surface area contributed by atoms with Gasteiger partial charge < -0.3 is 10.3 Å². The van der Waals surface area contributed by atoms with E-state index in [0.717, 1.165) is 19.3 Å². The molecule has 0 radical (unpaired) electrons. The Kier molecular flexibility index (Phi) is 3.65. The lowest BCUT2D eigenvalue weighted by Crippen LogP contribution is -2.31. The third-order valence-electron chi connectivity index (χ3n) is 3.74. The molecule has 1 atom stereocenters. The van der Waals surface area contributed by atoms with E-state index in [1.807, 2.05) is 6.07 Å². The van der Waals surface area contributed by atoms with Crippen molar-refractivity contribution in [1.82, 2.24) is 10.3 Å². The van der Waals surface area contributed by atoms with E-state index in [1.54, 1.807) is 18.3 Å². The molecule has 0 aliphatic heterocycles. The molecule has 0 saturated heterocycles. The average Bonchev–Trinajstić information content (AvgIpc) is 2.48. The molecule has 4 heteroatoms. The highest BCUT2D eigenvalue weighted by Crippen LogP contribution is 2.29. The van der Waals surface area contributed by atoms with Crippen LogP contribution in [0.5, 0.6) is 0 Å². The molecule has 1 aliphatic carbocycles. The molecule has 2 N–H and O–H groups in total. The molecular formula is C16H16N2OS. The Morgan fingerprint density at radius 2 is 2.10 bits per heavy atom. The average molecular weight is 284 g/mol. The van der Waals surface area contributed by atoms with E-state index in [0.29, 0.717) is 10.2 Å². The van der Waals surface area contributed by atoms with E-state index in [-0.39, 0.29) is 11.9 Å². The van der Waals surface area contributed by atoms with Crippen molar-refractivity contribution in [3.8, 4) is 0 Å². The van der Waals surface area contributed by atoms with Gasteiger partial charge in [0.1, 0.15) is 4.64 Å². The summed E-state index contributed by atoms with van der Waals surface area (Å²) in [6, 6.07) is 12.0. The maximum Gasteiger partial charge on any atom is 0.254 e. The van der Waals surface area contributed by atoms with Gasteiger partial charge in [-0.15, -0.1) is 0 Å². The number of rotatable bonds is 2. The van der Waals surface area contributed by atoms with Gasteiger partial charge in [0.2, 0.25) is 0 Å². The standard InChI is InChI=1S/C16H16N2OS/c19-15(13-8-4-10-17-16(13)20)18-14-9-3-6-11-5-1-2-7-12(11)14/h1-2,4-5,7-8,10,14H,3,6,9H2,(H,17,20)(H,18,19)/t14-/m0/s1. The number of nitrogens with one attached hydrogen (secondary N) is 2. The summed E-state index contributed by atoms with van der Waals surface area (Å²) in [6.45, 7) is 0. The first-order valence-corrected chi connectivity index (χ1v) is 7.23. The van der Waals surface area contributed by atoms with Crippen LogP contribution in [0.15, 0.2) is 42.6 Å². The van der Waals surface area contributed by atoms with Crippen LogP contribution in [0.25, 0.3) is 0 Å². The van der Waals surface area contributed by atoms with Crippen molar-refractivity contribution in [2.45, 2.75) is 25.3 Å². The van der Waals surface area contributed by atoms with E-state index in [2.05, 4.69) is 28.5 Å². The molecule has 3 nitrogen and oxygen atoms in total. The Hall–Kier alpha value is -1.94. The SMILES string of the molecule is O=C(N[C@H]1CCCc2ccccc21)c1ccc[nH]c1=S. The highest BCUT2D eigenvalue weighted by atomic mass is 32.1. The maximum atomic E-state index is 12.3. The first-order chi connectivity index (χ1) is 9.75. The van der Waals surface area contributed by atoms with Crippen molar-refractivity contribution >= 4 is 18.1 Å². The van der Waals surface area contributed by atoms with Gasteiger partial charge in [0.25, 0.3) is 5.91 Å². The van der Waals surface area contributed by atoms with Gasteiger partial charge in [0, 0.05) is 6.20 Å². The predicted molar refractivity (Wildman–Crippen MR) is 81.2 cm³/mol. The summed E-state index contributed by atoms with van der Waals surface area (Å²) in [5.41, 5.74) is 3.10. The number of aromatic nitrogens is 1. The molecule has 20 heavy (non-hydrogen) atoms. The van der Waals surface area contributed by atoms with Crippen LogP contribution in [0.2, 0.25) is 0 Å². The Labute approximate surface area is 123 Å². The van der Waals surface area contributed by atoms with Gasteiger partial charge in [-0.25, -0.2) is 0 Å². The lowest BCUT2D eigenvalue weighted by atomic mass is 9.87. The summed E-state index contributed by atoms with van der Waals surface area (Å²) >= 11 is 5.16. The molecule has 1 amide bonds. The molecule has 0 unspecified atom stereocenters. The monoisotopic (exact) mass is 284 g/mol. The van der Waals surface area contributed by atoms with Crippen molar-refractivity contribution in [2.75, 3.05) is 0 Å². The summed E-state index contributed by atoms with van der Waals surface area (Å²) in [5.74, 6) is -0.103. The summed E-state index contributed by atoms with van der Waals surface area (Å²) in [4.78, 5) is 15.2. The second kappa shape index (κ2) is 5.59. The third-order valence-corrected chi connectivity index (χ3v) is 4.08. The number of carbonyl (C=O) groups excluding carboxylic acids is 1. The van der Waals surface area contributed by atoms with E-state index in [1.165, 1.54) is 11.1 Å². The Morgan fingerprint density at radius 1 is 1.25 bits per heavy atom. The number of hydrogen-bond donors (Lipinski definition) is 2. The molecule has 0 spiro atoms. The van der Waals surface area contributed by atoms with Crippen LogP contribution in [-0.2, 0) is 6.42 Å². The van der Waals surface area contributed by atoms with Gasteiger partial charge in [-0.2, -0.15) is 0 Å². The van der Waals surface area contributed by atoms with Gasteiger partial charge in [0.15, 0.2) is 0 Å². The summed E-state index contributed by atoms with van der Waals surface area (Å²) < 4.78 is 0.481. The van der Waals surface area contributed by atoms with Gasteiger partial charge in [-0.3, -0.25) is 4.79 Å². The number of carbonyl (C=O) groups is 1. The predicted octanol–water partition coefficient (Wildman–Crippen LogP) is 3.55. The Morgan fingerprint density at radius 3 is 2.95 bits per heavy atom. The van der Waals surface area contributed by atoms with E-state index < -0.39 is 0 Å². The van der Waals surface area contributed by atoms with E-state index in [4.69, 9.17) is 12.2 Å². The minimum atomic E-state index is -0.103. The van der Waals surface area contributed by atoms with Crippen LogP contribution in [0.4, 0.5) is 0 Å². The van der Waals surface area contributed by atoms with Crippen molar-refractivity contribution in [2.24, 2.45) is 0 Å². The molecule has 2 aromatic rings. The maximum absolute atomic E-state index is 12.3. The van der Waals surface area contributed by atoms with Crippen molar-refractivity contribution < 1.29 is 4.79 Å². The van der Waals surface area contributed by atoms with Crippen LogP contribution in [0.3, 0.4) is 0 Å². The quantitative estimate of drug-likeness (QED) is 0.828. The Balaban J connectivity index is 1.85. The number of aryl methyl sites for hydroxylation is 1. The highest BCUT2D eigenvalue weighted by Gasteiger charge is 2.22. The van der Waals surface area contributed by atoms with Crippen molar-refractivity contribution in [3.63, 3.8) is 0 Å². The molecule has 102 valence electrons. The van der Waals surface area contributed by atoms with Gasteiger partial charge in [-0.05, 0) is 42.5 Å². The zero-order chi connectivity index (χ0) is 13.9. The fourth-order valence-corrected chi connectivity index (χ4v) is 2.97. The van der Waals surface area contributed by atoms with Crippen LogP contribution >= 0.6 is 12.2 Å². The molecule has 1 aromatic heterocycles. The normalized spacial score (nSPS) is 17.3. The lowest BCUT2D eigenvalue weighted by Gasteiger charge is -2.26. The van der Waals surface area contributed by atoms with E-state index in [9.17, 15) is 4.79 Å². The number of amides is 1. The molecule has 0 saturated carbocycles. The lowest BCUT2D eigenvalue weighted by molar-refractivity contribution is 0.0932. The van der Waals surface area contributed by atoms with Crippen LogP contribution in [0.1, 0.15) is 40.4 Å². The second-order valence-electron chi connectivity index (χ2n) is 5.03. The fourth-order valence-electron chi connectivity index (χ4n) is 2.74. The van der Waals surface area contributed by atoms with Crippen molar-refractivity contribution in [3.05, 3.63) is 63.9 Å². The van der Waals surface area contributed by atoms with Crippen LogP contribution < -0.4 is 5.32 Å². The topological polar surface area (TPSA) is 44.9 Å². The number of aromatic amines is 1. The van der Waals surface area contributed by atoms with E-state index >= 15 is 0 Å². The van der Waals surface area contributed by atoms with Crippen LogP contribution in [-0.4, -0.2) is 10.9 Å². The summed E-state index contributed by atoms with van der Waals surface area (Å²) in [5, 5.41) is 3.11. The summed E-state index contributed by atoms with van der Waals surface area (Å²) in [7, 11) is 0. The number of benzene rings is 1. The third kappa shape index (κ3) is 2.51. The molecule has 3 rings (SSSR count). The largest absolute Gasteiger partial charge is 0.352 e. The second-order valence-corrected chi connectivity index (χ2v) is 5.44. The first-order valence-electron chi connectivity index (χ1n) is 6.82. The molecule has 0 bridgehead atoms. The minimum absolute atomic E-state index is 0.0852. The van der Waals surface area contributed by atoms with Gasteiger partial charge in [0.05, 0.1) is 11.6 Å². The smallest absolute Gasteiger partial charge is 0.254 e. The van der Waals surface area contributed by atoms with Crippen LogP contribution in [0, 0.1) is 4.64 Å². The number of pyridine rings is 1. The van der Waals surface area contributed by atoms with Gasteiger partial charge in [-0.1, -0.05) is 36.5 Å². The first kappa shape index (κ1) is 13.1. The summed E-state index contributed by atoms with van der Waals surface area (Å²) in [6.07, 6.45) is 4.90. The number of H-pyrrole nitrogens is 1. The van der Waals surface area contributed by atoms with Gasteiger partial charge >= 0.3 is 0 Å². The number of fused-ring (bicyclic) bond motifs is 1. The fraction of sp³-hybridized carbons (Fsp3) is 0.250. The highest BCUT2D eigenvalue weighted by molar-refractivity contribution is 7.71. The minimum Gasteiger partial charge on any atom is -0.352 e. The van der Waals surface area contributed by atoms with Crippen molar-refractivity contribution in [1.29, 1.82) is 0 Å². The molecule has 1 aromatic carbocycles. The number of hydrogen-bond acceptors (Lipinski definition) is 2.